The Labute approximate surface area is 189 Å². The molecule has 1 saturated heterocycles. The van der Waals surface area contributed by atoms with Gasteiger partial charge in [0.25, 0.3) is 0 Å². The Bertz CT molecular complexity index is 800. The predicted octanol–water partition coefficient (Wildman–Crippen LogP) is 4.26. The lowest BCUT2D eigenvalue weighted by Crippen LogP contribution is -2.47. The SMILES string of the molecule is I.NC(=NC1CCN(Cc2ccccc2)CC1)NC1CC(c2ccccc2F)C1. The van der Waals surface area contributed by atoms with Crippen LogP contribution in [-0.2, 0) is 6.54 Å². The summed E-state index contributed by atoms with van der Waals surface area (Å²) in [7, 11) is 0. The molecule has 0 bridgehead atoms. The molecule has 156 valence electrons. The summed E-state index contributed by atoms with van der Waals surface area (Å²) in [4.78, 5) is 7.18. The number of rotatable bonds is 5. The molecule has 1 aliphatic carbocycles. The van der Waals surface area contributed by atoms with E-state index in [1.165, 1.54) is 11.6 Å². The maximum atomic E-state index is 13.9. The number of piperidine rings is 1. The molecule has 3 N–H and O–H groups in total. The van der Waals surface area contributed by atoms with Crippen LogP contribution in [0.25, 0.3) is 0 Å². The molecule has 6 heteroatoms. The van der Waals surface area contributed by atoms with E-state index in [-0.39, 0.29) is 35.7 Å². The van der Waals surface area contributed by atoms with Crippen LogP contribution < -0.4 is 11.1 Å². The van der Waals surface area contributed by atoms with Gasteiger partial charge in [-0.1, -0.05) is 48.5 Å². The van der Waals surface area contributed by atoms with Crippen LogP contribution >= 0.6 is 24.0 Å². The number of nitrogens with one attached hydrogen (secondary N) is 1. The van der Waals surface area contributed by atoms with Crippen LogP contribution in [0.2, 0.25) is 0 Å². The molecule has 1 heterocycles. The zero-order valence-corrected chi connectivity index (χ0v) is 19.0. The summed E-state index contributed by atoms with van der Waals surface area (Å²) in [6.45, 7) is 3.11. The fourth-order valence-electron chi connectivity index (χ4n) is 4.29. The third-order valence-electron chi connectivity index (χ3n) is 5.96. The normalized spacial score (nSPS) is 23.1. The Morgan fingerprint density at radius 2 is 1.69 bits per heavy atom. The van der Waals surface area contributed by atoms with E-state index < -0.39 is 0 Å². The second-order valence-corrected chi connectivity index (χ2v) is 8.04. The summed E-state index contributed by atoms with van der Waals surface area (Å²) in [6.07, 6.45) is 3.90. The Hall–Kier alpha value is -1.67. The van der Waals surface area contributed by atoms with Crippen LogP contribution in [0, 0.1) is 5.82 Å². The highest BCUT2D eigenvalue weighted by atomic mass is 127. The molecule has 2 aromatic carbocycles. The van der Waals surface area contributed by atoms with Crippen LogP contribution in [0.4, 0.5) is 4.39 Å². The Morgan fingerprint density at radius 1 is 1.03 bits per heavy atom. The van der Waals surface area contributed by atoms with Crippen molar-refractivity contribution in [1.82, 2.24) is 10.2 Å². The minimum Gasteiger partial charge on any atom is -0.370 e. The first-order chi connectivity index (χ1) is 13.7. The Kier molecular flexibility index (Phi) is 7.89. The highest BCUT2D eigenvalue weighted by molar-refractivity contribution is 14.0. The lowest BCUT2D eigenvalue weighted by atomic mass is 9.76. The van der Waals surface area contributed by atoms with E-state index in [1.807, 2.05) is 12.1 Å². The molecule has 1 aliphatic heterocycles. The molecular weight excluding hydrogens is 478 g/mol. The van der Waals surface area contributed by atoms with Crippen molar-refractivity contribution < 1.29 is 4.39 Å². The molecule has 4 rings (SSSR count). The van der Waals surface area contributed by atoms with Gasteiger partial charge in [-0.25, -0.2) is 4.39 Å². The summed E-state index contributed by atoms with van der Waals surface area (Å²) in [5.74, 6) is 0.723. The maximum absolute atomic E-state index is 13.9. The van der Waals surface area contributed by atoms with Crippen molar-refractivity contribution in [2.24, 2.45) is 10.7 Å². The standard InChI is InChI=1S/C23H29FN4.HI/c24-22-9-5-4-8-21(22)18-14-20(15-18)27-23(25)26-19-10-12-28(13-11-19)16-17-6-2-1-3-7-17;/h1-9,18-20H,10-16H2,(H3,25,26,27);1H. The van der Waals surface area contributed by atoms with Crippen LogP contribution in [0.5, 0.6) is 0 Å². The molecule has 0 atom stereocenters. The summed E-state index contributed by atoms with van der Waals surface area (Å²) < 4.78 is 13.9. The monoisotopic (exact) mass is 508 g/mol. The van der Waals surface area contributed by atoms with Crippen molar-refractivity contribution in [3.8, 4) is 0 Å². The topological polar surface area (TPSA) is 53.6 Å². The number of hydrogen-bond acceptors (Lipinski definition) is 2. The van der Waals surface area contributed by atoms with Gasteiger partial charge in [0.1, 0.15) is 5.82 Å². The van der Waals surface area contributed by atoms with E-state index in [0.29, 0.717) is 18.0 Å². The highest BCUT2D eigenvalue weighted by Gasteiger charge is 2.32. The van der Waals surface area contributed by atoms with Crippen molar-refractivity contribution in [1.29, 1.82) is 0 Å². The van der Waals surface area contributed by atoms with E-state index in [9.17, 15) is 4.39 Å². The maximum Gasteiger partial charge on any atom is 0.189 e. The van der Waals surface area contributed by atoms with E-state index in [1.54, 1.807) is 6.07 Å². The molecule has 2 aromatic rings. The largest absolute Gasteiger partial charge is 0.370 e. The average Bonchev–Trinajstić information content (AvgIpc) is 2.68. The zero-order valence-electron chi connectivity index (χ0n) is 16.6. The van der Waals surface area contributed by atoms with Crippen molar-refractivity contribution in [2.45, 2.75) is 50.2 Å². The molecule has 0 spiro atoms. The van der Waals surface area contributed by atoms with Crippen LogP contribution in [-0.4, -0.2) is 36.0 Å². The van der Waals surface area contributed by atoms with Gasteiger partial charge in [0.15, 0.2) is 5.96 Å². The molecule has 0 unspecified atom stereocenters. The minimum atomic E-state index is -0.102. The number of nitrogens with zero attached hydrogens (tertiary/aromatic N) is 2. The molecular formula is C23H30FIN4. The number of guanidine groups is 1. The van der Waals surface area contributed by atoms with Gasteiger partial charge in [-0.05, 0) is 48.8 Å². The van der Waals surface area contributed by atoms with Gasteiger partial charge in [0.05, 0.1) is 6.04 Å². The van der Waals surface area contributed by atoms with Gasteiger partial charge in [0.2, 0.25) is 0 Å². The number of hydrogen-bond donors (Lipinski definition) is 2. The molecule has 1 saturated carbocycles. The molecule has 0 aromatic heterocycles. The number of likely N-dealkylation sites (tertiary alicyclic amines) is 1. The number of aliphatic imine (C=N–C) groups is 1. The number of benzene rings is 2. The Balaban J connectivity index is 0.00000240. The number of nitrogens with two attached hydrogens (primary N) is 1. The summed E-state index contributed by atoms with van der Waals surface area (Å²) in [5, 5.41) is 3.33. The van der Waals surface area contributed by atoms with Crippen LogP contribution in [0.15, 0.2) is 59.6 Å². The van der Waals surface area contributed by atoms with Crippen molar-refractivity contribution in [3.63, 3.8) is 0 Å². The Morgan fingerprint density at radius 3 is 2.38 bits per heavy atom. The van der Waals surface area contributed by atoms with E-state index in [2.05, 4.69) is 40.5 Å². The molecule has 2 fully saturated rings. The van der Waals surface area contributed by atoms with Crippen LogP contribution in [0.1, 0.15) is 42.7 Å². The summed E-state index contributed by atoms with van der Waals surface area (Å²) in [6, 6.07) is 18.3. The highest BCUT2D eigenvalue weighted by Crippen LogP contribution is 2.37. The minimum absolute atomic E-state index is 0. The predicted molar refractivity (Wildman–Crippen MR) is 127 cm³/mol. The van der Waals surface area contributed by atoms with Gasteiger partial charge in [-0.15, -0.1) is 24.0 Å². The van der Waals surface area contributed by atoms with Gasteiger partial charge in [-0.3, -0.25) is 9.89 Å². The average molecular weight is 508 g/mol. The second kappa shape index (κ2) is 10.4. The first-order valence-corrected chi connectivity index (χ1v) is 10.3. The van der Waals surface area contributed by atoms with Crippen molar-refractivity contribution >= 4 is 29.9 Å². The van der Waals surface area contributed by atoms with Crippen LogP contribution in [0.3, 0.4) is 0 Å². The van der Waals surface area contributed by atoms with Gasteiger partial charge in [-0.2, -0.15) is 0 Å². The molecule has 4 nitrogen and oxygen atoms in total. The lowest BCUT2D eigenvalue weighted by Gasteiger charge is -2.37. The summed E-state index contributed by atoms with van der Waals surface area (Å²) in [5.41, 5.74) is 8.32. The first-order valence-electron chi connectivity index (χ1n) is 10.3. The molecule has 2 aliphatic rings. The van der Waals surface area contributed by atoms with Gasteiger partial charge < -0.3 is 11.1 Å². The fraction of sp³-hybridized carbons (Fsp3) is 0.435. The molecule has 0 radical (unpaired) electrons. The number of halogens is 2. The lowest BCUT2D eigenvalue weighted by molar-refractivity contribution is 0.206. The van der Waals surface area contributed by atoms with Gasteiger partial charge in [0, 0.05) is 25.7 Å². The first kappa shape index (κ1) is 22.0. The second-order valence-electron chi connectivity index (χ2n) is 8.04. The van der Waals surface area contributed by atoms with E-state index in [4.69, 9.17) is 10.7 Å². The van der Waals surface area contributed by atoms with Crippen molar-refractivity contribution in [2.75, 3.05) is 13.1 Å². The van der Waals surface area contributed by atoms with Gasteiger partial charge >= 0.3 is 0 Å². The molecule has 29 heavy (non-hydrogen) atoms. The molecule has 0 amide bonds. The summed E-state index contributed by atoms with van der Waals surface area (Å²) >= 11 is 0. The third-order valence-corrected chi connectivity index (χ3v) is 5.96. The van der Waals surface area contributed by atoms with E-state index >= 15 is 0 Å². The third kappa shape index (κ3) is 5.92. The fourth-order valence-corrected chi connectivity index (χ4v) is 4.29. The van der Waals surface area contributed by atoms with E-state index in [0.717, 1.165) is 50.9 Å². The zero-order chi connectivity index (χ0) is 19.3. The quantitative estimate of drug-likeness (QED) is 0.361. The van der Waals surface area contributed by atoms with Crippen molar-refractivity contribution in [3.05, 3.63) is 71.5 Å². The smallest absolute Gasteiger partial charge is 0.189 e.